The van der Waals surface area contributed by atoms with Crippen molar-refractivity contribution in [1.29, 1.82) is 0 Å². The number of carbonyl (C=O) groups is 2. The standard InChI is InChI=1S/C10H14N4O3/c11-7(10(16)17)2-1-3-14-9(15)8-6-12-4-5-13-8/h4-7H,1-3,11H2,(H,14,15)(H,16,17)/t7-/m0/s1. The van der Waals surface area contributed by atoms with E-state index in [0.717, 1.165) is 0 Å². The van der Waals surface area contributed by atoms with Crippen molar-refractivity contribution in [3.8, 4) is 0 Å². The zero-order chi connectivity index (χ0) is 12.7. The average molecular weight is 238 g/mol. The molecule has 17 heavy (non-hydrogen) atoms. The van der Waals surface area contributed by atoms with Gasteiger partial charge in [-0.25, -0.2) is 4.98 Å². The molecule has 92 valence electrons. The zero-order valence-corrected chi connectivity index (χ0v) is 9.26. The topological polar surface area (TPSA) is 123 Å². The van der Waals surface area contributed by atoms with Gasteiger partial charge in [-0.1, -0.05) is 0 Å². The molecule has 0 aliphatic carbocycles. The maximum Gasteiger partial charge on any atom is 0.271 e. The second-order valence-electron chi connectivity index (χ2n) is 3.50. The van der Waals surface area contributed by atoms with Crippen molar-refractivity contribution < 1.29 is 20.4 Å². The number of amides is 1. The highest BCUT2D eigenvalue weighted by Crippen LogP contribution is 1.93. The summed E-state index contributed by atoms with van der Waals surface area (Å²) < 4.78 is 0. The Morgan fingerprint density at radius 3 is 2.82 bits per heavy atom. The first-order valence-corrected chi connectivity index (χ1v) is 5.19. The average Bonchev–Trinajstić information content (AvgIpc) is 2.35. The molecule has 1 heterocycles. The molecule has 1 aromatic rings. The van der Waals surface area contributed by atoms with E-state index in [4.69, 9.17) is 0 Å². The predicted molar refractivity (Wildman–Crippen MR) is 55.3 cm³/mol. The Labute approximate surface area is 98.1 Å². The van der Waals surface area contributed by atoms with Gasteiger partial charge in [0.15, 0.2) is 0 Å². The number of quaternary nitrogens is 1. The number of aliphatic carboxylic acids is 1. The SMILES string of the molecule is [NH3+][C@@H](CCCNC(=O)c1cnccn1)C(=O)[O-]. The summed E-state index contributed by atoms with van der Waals surface area (Å²) in [5, 5.41) is 13.0. The normalized spacial score (nSPS) is 11.8. The van der Waals surface area contributed by atoms with Gasteiger partial charge < -0.3 is 21.0 Å². The van der Waals surface area contributed by atoms with Gasteiger partial charge >= 0.3 is 0 Å². The minimum atomic E-state index is -1.18. The number of carboxylic acids is 1. The van der Waals surface area contributed by atoms with Gasteiger partial charge in [-0.15, -0.1) is 0 Å². The fourth-order valence-corrected chi connectivity index (χ4v) is 1.18. The number of aromatic nitrogens is 2. The summed E-state index contributed by atoms with van der Waals surface area (Å²) >= 11 is 0. The molecule has 0 unspecified atom stereocenters. The number of nitrogens with one attached hydrogen (secondary N) is 1. The molecule has 1 aromatic heterocycles. The van der Waals surface area contributed by atoms with Crippen LogP contribution in [0, 0.1) is 0 Å². The van der Waals surface area contributed by atoms with Crippen LogP contribution in [-0.2, 0) is 4.79 Å². The van der Waals surface area contributed by atoms with Crippen molar-refractivity contribution in [2.24, 2.45) is 0 Å². The molecular formula is C10H14N4O3. The van der Waals surface area contributed by atoms with Crippen molar-refractivity contribution in [1.82, 2.24) is 15.3 Å². The zero-order valence-electron chi connectivity index (χ0n) is 9.26. The van der Waals surface area contributed by atoms with E-state index in [0.29, 0.717) is 19.4 Å². The first-order chi connectivity index (χ1) is 8.11. The van der Waals surface area contributed by atoms with E-state index in [-0.39, 0.29) is 11.6 Å². The highest BCUT2D eigenvalue weighted by molar-refractivity contribution is 5.91. The molecule has 1 rings (SSSR count). The lowest BCUT2D eigenvalue weighted by Crippen LogP contribution is -2.68. The fraction of sp³-hybridized carbons (Fsp3) is 0.400. The van der Waals surface area contributed by atoms with Crippen molar-refractivity contribution in [2.45, 2.75) is 18.9 Å². The Morgan fingerprint density at radius 1 is 1.47 bits per heavy atom. The summed E-state index contributed by atoms with van der Waals surface area (Å²) in [6, 6.07) is -0.747. The number of carbonyl (C=O) groups excluding carboxylic acids is 2. The number of nitrogens with zero attached hydrogens (tertiary/aromatic N) is 2. The smallest absolute Gasteiger partial charge is 0.271 e. The molecule has 0 saturated carbocycles. The van der Waals surface area contributed by atoms with Crippen molar-refractivity contribution in [3.05, 3.63) is 24.3 Å². The van der Waals surface area contributed by atoms with Gasteiger partial charge in [0.1, 0.15) is 11.7 Å². The molecule has 0 bridgehead atoms. The van der Waals surface area contributed by atoms with Crippen LogP contribution in [0.1, 0.15) is 23.3 Å². The molecule has 4 N–H and O–H groups in total. The summed E-state index contributed by atoms with van der Waals surface area (Å²) in [6.45, 7) is 0.370. The largest absolute Gasteiger partial charge is 0.544 e. The third kappa shape index (κ3) is 4.56. The quantitative estimate of drug-likeness (QED) is 0.524. The third-order valence-electron chi connectivity index (χ3n) is 2.14. The molecule has 0 fully saturated rings. The summed E-state index contributed by atoms with van der Waals surface area (Å²) in [7, 11) is 0. The van der Waals surface area contributed by atoms with Crippen molar-refractivity contribution in [2.75, 3.05) is 6.54 Å². The number of rotatable bonds is 6. The number of carboxylic acid groups (broad SMARTS) is 1. The van der Waals surface area contributed by atoms with Crippen LogP contribution in [0.25, 0.3) is 0 Å². The lowest BCUT2D eigenvalue weighted by Gasteiger charge is -2.09. The summed E-state index contributed by atoms with van der Waals surface area (Å²) in [5.74, 6) is -1.50. The molecule has 1 amide bonds. The molecule has 0 aliphatic heterocycles. The Morgan fingerprint density at radius 2 is 2.24 bits per heavy atom. The van der Waals surface area contributed by atoms with Gasteiger partial charge in [-0.2, -0.15) is 0 Å². The molecule has 0 aliphatic rings. The lowest BCUT2D eigenvalue weighted by atomic mass is 10.2. The summed E-state index contributed by atoms with van der Waals surface area (Å²) in [6.07, 6.45) is 5.15. The Hall–Kier alpha value is -2.02. The van der Waals surface area contributed by atoms with Gasteiger partial charge in [0.2, 0.25) is 0 Å². The minimum absolute atomic E-state index is 0.235. The van der Waals surface area contributed by atoms with Gasteiger partial charge in [0.25, 0.3) is 5.91 Å². The van der Waals surface area contributed by atoms with Crippen LogP contribution in [0.2, 0.25) is 0 Å². The van der Waals surface area contributed by atoms with E-state index in [2.05, 4.69) is 21.0 Å². The Balaban J connectivity index is 2.24. The van der Waals surface area contributed by atoms with Crippen molar-refractivity contribution >= 4 is 11.9 Å². The van der Waals surface area contributed by atoms with E-state index in [1.165, 1.54) is 18.6 Å². The number of hydrogen-bond donors (Lipinski definition) is 2. The Kier molecular flexibility index (Phi) is 5.02. The maximum atomic E-state index is 11.5. The van der Waals surface area contributed by atoms with Crippen LogP contribution in [-0.4, -0.2) is 34.4 Å². The summed E-state index contributed by atoms with van der Waals surface area (Å²) in [4.78, 5) is 29.4. The lowest BCUT2D eigenvalue weighted by molar-refractivity contribution is -0.438. The third-order valence-corrected chi connectivity index (χ3v) is 2.14. The van der Waals surface area contributed by atoms with Crippen LogP contribution < -0.4 is 16.2 Å². The van der Waals surface area contributed by atoms with Crippen LogP contribution in [0.5, 0.6) is 0 Å². The van der Waals surface area contributed by atoms with E-state index < -0.39 is 12.0 Å². The van der Waals surface area contributed by atoms with Crippen LogP contribution in [0.3, 0.4) is 0 Å². The van der Waals surface area contributed by atoms with Gasteiger partial charge in [-0.3, -0.25) is 9.78 Å². The van der Waals surface area contributed by atoms with Crippen molar-refractivity contribution in [3.63, 3.8) is 0 Å². The highest BCUT2D eigenvalue weighted by Gasteiger charge is 2.08. The molecule has 1 atom stereocenters. The second-order valence-corrected chi connectivity index (χ2v) is 3.50. The molecule has 0 radical (unpaired) electrons. The summed E-state index contributed by atoms with van der Waals surface area (Å²) in [5.41, 5.74) is 3.65. The van der Waals surface area contributed by atoms with E-state index >= 15 is 0 Å². The molecule has 0 aromatic carbocycles. The van der Waals surface area contributed by atoms with E-state index in [1.807, 2.05) is 0 Å². The first-order valence-electron chi connectivity index (χ1n) is 5.19. The molecule has 0 saturated heterocycles. The highest BCUT2D eigenvalue weighted by atomic mass is 16.4. The Bertz CT molecular complexity index is 382. The van der Waals surface area contributed by atoms with Gasteiger partial charge in [0, 0.05) is 25.4 Å². The van der Waals surface area contributed by atoms with Gasteiger partial charge in [0.05, 0.1) is 12.2 Å². The molecular weight excluding hydrogens is 224 g/mol. The molecule has 0 spiro atoms. The van der Waals surface area contributed by atoms with E-state index in [9.17, 15) is 14.7 Å². The first kappa shape index (κ1) is 13.0. The second kappa shape index (κ2) is 6.54. The predicted octanol–water partition coefficient (Wildman–Crippen LogP) is -2.65. The van der Waals surface area contributed by atoms with Crippen LogP contribution in [0.4, 0.5) is 0 Å². The maximum absolute atomic E-state index is 11.5. The monoisotopic (exact) mass is 238 g/mol. The fourth-order valence-electron chi connectivity index (χ4n) is 1.18. The van der Waals surface area contributed by atoms with Crippen LogP contribution in [0.15, 0.2) is 18.6 Å². The number of hydrogen-bond acceptors (Lipinski definition) is 5. The molecule has 7 nitrogen and oxygen atoms in total. The minimum Gasteiger partial charge on any atom is -0.544 e. The van der Waals surface area contributed by atoms with Crippen LogP contribution >= 0.6 is 0 Å². The van der Waals surface area contributed by atoms with Gasteiger partial charge in [-0.05, 0) is 6.42 Å². The molecule has 7 heteroatoms. The van der Waals surface area contributed by atoms with E-state index in [1.54, 1.807) is 0 Å².